The number of likely N-dealkylation sites (tertiary alicyclic amines) is 1. The van der Waals surface area contributed by atoms with Gasteiger partial charge in [-0.3, -0.25) is 4.90 Å². The van der Waals surface area contributed by atoms with E-state index in [1.54, 1.807) is 18.2 Å². The molecule has 2 aliphatic rings. The van der Waals surface area contributed by atoms with Crippen LogP contribution in [-0.4, -0.2) is 64.7 Å². The van der Waals surface area contributed by atoms with Crippen molar-refractivity contribution in [2.24, 2.45) is 0 Å². The molecule has 0 aromatic heterocycles. The highest BCUT2D eigenvalue weighted by atomic mass is 32.2. The predicted molar refractivity (Wildman–Crippen MR) is 96.6 cm³/mol. The average Bonchev–Trinajstić information content (AvgIpc) is 2.92. The number of hydrogen-bond acceptors (Lipinski definition) is 6. The number of methoxy groups -OCH3 is 1. The molecule has 6 nitrogen and oxygen atoms in total. The van der Waals surface area contributed by atoms with Crippen molar-refractivity contribution in [1.82, 2.24) is 4.90 Å². The molecule has 2 heterocycles. The van der Waals surface area contributed by atoms with Gasteiger partial charge in [0, 0.05) is 6.04 Å². The molecule has 0 aliphatic carbocycles. The lowest BCUT2D eigenvalue weighted by molar-refractivity contribution is 0.178. The number of hydrogen-bond donors (Lipinski definition) is 0. The summed E-state index contributed by atoms with van der Waals surface area (Å²) in [5.74, 6) is -0.120. The van der Waals surface area contributed by atoms with Gasteiger partial charge in [0.1, 0.15) is 10.6 Å². The van der Waals surface area contributed by atoms with Gasteiger partial charge in [0.05, 0.1) is 23.9 Å². The molecule has 3 rings (SSSR count). The summed E-state index contributed by atoms with van der Waals surface area (Å²) in [6.07, 6.45) is 3.08. The van der Waals surface area contributed by atoms with Gasteiger partial charge in [0.15, 0.2) is 19.7 Å². The molecule has 0 radical (unpaired) electrons. The first-order valence-corrected chi connectivity index (χ1v) is 11.9. The largest absolute Gasteiger partial charge is 0.495 e. The Labute approximate surface area is 150 Å². The van der Waals surface area contributed by atoms with Crippen LogP contribution in [0.2, 0.25) is 0 Å². The fraction of sp³-hybridized carbons (Fsp3) is 0.647. The van der Waals surface area contributed by atoms with Crippen LogP contribution < -0.4 is 4.74 Å². The van der Waals surface area contributed by atoms with Gasteiger partial charge in [-0.25, -0.2) is 16.8 Å². The predicted octanol–water partition coefficient (Wildman–Crippen LogP) is 1.43. The van der Waals surface area contributed by atoms with Gasteiger partial charge in [-0.15, -0.1) is 0 Å². The molecule has 1 aromatic rings. The molecule has 25 heavy (non-hydrogen) atoms. The highest BCUT2D eigenvalue weighted by molar-refractivity contribution is 7.96. The standard InChI is InChI=1S/C17H25NO5S2/c1-13-6-7-15(23-2)16(10-13)25(21,22)17-12-24(19,20)11-14(17)18-8-4-3-5-9-18/h6-7,10,14,17H,3-5,8-9,11-12H2,1-2H3/t14-,17-/m0/s1. The quantitative estimate of drug-likeness (QED) is 0.777. The average molecular weight is 388 g/mol. The molecular formula is C17H25NO5S2. The van der Waals surface area contributed by atoms with Crippen LogP contribution in [0.15, 0.2) is 23.1 Å². The Morgan fingerprint density at radius 2 is 1.80 bits per heavy atom. The van der Waals surface area contributed by atoms with Gasteiger partial charge in [-0.2, -0.15) is 0 Å². The van der Waals surface area contributed by atoms with Crippen molar-refractivity contribution in [2.45, 2.75) is 42.4 Å². The Balaban J connectivity index is 2.03. The summed E-state index contributed by atoms with van der Waals surface area (Å²) >= 11 is 0. The fourth-order valence-corrected chi connectivity index (χ4v) is 8.93. The third-order valence-corrected chi connectivity index (χ3v) is 9.29. The second-order valence-electron chi connectivity index (χ2n) is 6.98. The maximum absolute atomic E-state index is 13.3. The van der Waals surface area contributed by atoms with E-state index in [0.29, 0.717) is 0 Å². The zero-order valence-electron chi connectivity index (χ0n) is 14.6. The van der Waals surface area contributed by atoms with Crippen LogP contribution >= 0.6 is 0 Å². The number of rotatable bonds is 4. The monoisotopic (exact) mass is 387 g/mol. The third-order valence-electron chi connectivity index (χ3n) is 5.16. The molecule has 0 unspecified atom stereocenters. The van der Waals surface area contributed by atoms with Crippen LogP contribution in [0, 0.1) is 6.92 Å². The highest BCUT2D eigenvalue weighted by Gasteiger charge is 2.49. The van der Waals surface area contributed by atoms with Crippen molar-refractivity contribution >= 4 is 19.7 Å². The lowest BCUT2D eigenvalue weighted by atomic mass is 10.1. The summed E-state index contributed by atoms with van der Waals surface area (Å²) < 4.78 is 56.5. The molecule has 1 aromatic carbocycles. The van der Waals surface area contributed by atoms with E-state index < -0.39 is 31.0 Å². The van der Waals surface area contributed by atoms with E-state index in [4.69, 9.17) is 4.74 Å². The number of aryl methyl sites for hydroxylation is 1. The zero-order valence-corrected chi connectivity index (χ0v) is 16.3. The first kappa shape index (κ1) is 18.7. The Morgan fingerprint density at radius 3 is 2.44 bits per heavy atom. The SMILES string of the molecule is COc1ccc(C)cc1S(=O)(=O)[C@H]1CS(=O)(=O)C[C@@H]1N1CCCCC1. The van der Waals surface area contributed by atoms with E-state index in [0.717, 1.165) is 37.9 Å². The summed E-state index contributed by atoms with van der Waals surface area (Å²) in [6.45, 7) is 3.33. The minimum absolute atomic E-state index is 0.0783. The van der Waals surface area contributed by atoms with Gasteiger partial charge in [-0.1, -0.05) is 12.5 Å². The second-order valence-corrected chi connectivity index (χ2v) is 11.3. The Morgan fingerprint density at radius 1 is 1.12 bits per heavy atom. The Kier molecular flexibility index (Phi) is 5.14. The normalized spacial score (nSPS) is 27.3. The molecule has 2 aliphatic heterocycles. The van der Waals surface area contributed by atoms with Crippen molar-refractivity contribution in [3.05, 3.63) is 23.8 Å². The maximum atomic E-state index is 13.3. The highest BCUT2D eigenvalue weighted by Crippen LogP contribution is 2.34. The third kappa shape index (κ3) is 3.71. The van der Waals surface area contributed by atoms with Crippen molar-refractivity contribution in [3.63, 3.8) is 0 Å². The molecule has 2 saturated heterocycles. The van der Waals surface area contributed by atoms with Crippen LogP contribution in [0.3, 0.4) is 0 Å². The smallest absolute Gasteiger partial charge is 0.187 e. The van der Waals surface area contributed by atoms with Gasteiger partial charge < -0.3 is 4.74 Å². The topological polar surface area (TPSA) is 80.8 Å². The number of piperidine rings is 1. The summed E-state index contributed by atoms with van der Waals surface area (Å²) in [5.41, 5.74) is 0.801. The summed E-state index contributed by atoms with van der Waals surface area (Å²) in [7, 11) is -5.77. The van der Waals surface area contributed by atoms with Crippen molar-refractivity contribution in [1.29, 1.82) is 0 Å². The van der Waals surface area contributed by atoms with E-state index in [9.17, 15) is 16.8 Å². The molecule has 0 bridgehead atoms. The lowest BCUT2D eigenvalue weighted by Crippen LogP contribution is -2.48. The van der Waals surface area contributed by atoms with E-state index in [-0.39, 0.29) is 22.2 Å². The van der Waals surface area contributed by atoms with Gasteiger partial charge in [0.25, 0.3) is 0 Å². The molecule has 2 fully saturated rings. The Bertz CT molecular complexity index is 842. The fourth-order valence-electron chi connectivity index (χ4n) is 3.85. The van der Waals surface area contributed by atoms with Crippen LogP contribution in [0.1, 0.15) is 24.8 Å². The molecule has 0 saturated carbocycles. The van der Waals surface area contributed by atoms with Crippen LogP contribution in [-0.2, 0) is 19.7 Å². The molecule has 0 amide bonds. The molecule has 0 spiro atoms. The number of nitrogens with zero attached hydrogens (tertiary/aromatic N) is 1. The molecule has 0 N–H and O–H groups in total. The van der Waals surface area contributed by atoms with E-state index in [2.05, 4.69) is 4.90 Å². The first-order chi connectivity index (χ1) is 11.7. The Hall–Kier alpha value is -1.12. The second kappa shape index (κ2) is 6.89. The summed E-state index contributed by atoms with van der Waals surface area (Å²) in [5, 5.41) is -0.939. The van der Waals surface area contributed by atoms with Crippen LogP contribution in [0.25, 0.3) is 0 Å². The molecule has 8 heteroatoms. The van der Waals surface area contributed by atoms with Crippen LogP contribution in [0.4, 0.5) is 0 Å². The van der Waals surface area contributed by atoms with Crippen molar-refractivity contribution in [2.75, 3.05) is 31.7 Å². The lowest BCUT2D eigenvalue weighted by Gasteiger charge is -2.34. The van der Waals surface area contributed by atoms with Gasteiger partial charge in [-0.05, 0) is 50.6 Å². The molecular weight excluding hydrogens is 362 g/mol. The number of ether oxygens (including phenoxy) is 1. The van der Waals surface area contributed by atoms with Crippen molar-refractivity contribution < 1.29 is 21.6 Å². The summed E-state index contributed by atoms with van der Waals surface area (Å²) in [6, 6.07) is 4.51. The van der Waals surface area contributed by atoms with Gasteiger partial charge >= 0.3 is 0 Å². The zero-order chi connectivity index (χ0) is 18.2. The summed E-state index contributed by atoms with van der Waals surface area (Å²) in [4.78, 5) is 2.15. The van der Waals surface area contributed by atoms with E-state index >= 15 is 0 Å². The van der Waals surface area contributed by atoms with Crippen LogP contribution in [0.5, 0.6) is 5.75 Å². The van der Waals surface area contributed by atoms with E-state index in [1.807, 2.05) is 6.92 Å². The number of sulfone groups is 2. The van der Waals surface area contributed by atoms with Crippen molar-refractivity contribution in [3.8, 4) is 5.75 Å². The molecule has 2 atom stereocenters. The first-order valence-electron chi connectivity index (χ1n) is 8.57. The molecule has 140 valence electrons. The van der Waals surface area contributed by atoms with E-state index in [1.165, 1.54) is 7.11 Å². The minimum Gasteiger partial charge on any atom is -0.495 e. The van der Waals surface area contributed by atoms with Gasteiger partial charge in [0.2, 0.25) is 0 Å². The number of benzene rings is 1. The maximum Gasteiger partial charge on any atom is 0.187 e. The minimum atomic E-state index is -3.82.